The maximum atomic E-state index is 13.7. The van der Waals surface area contributed by atoms with Gasteiger partial charge in [0.2, 0.25) is 11.8 Å². The predicted molar refractivity (Wildman–Crippen MR) is 156 cm³/mol. The molecule has 2 amide bonds. The number of benzene rings is 1. The third kappa shape index (κ3) is 5.72. The van der Waals surface area contributed by atoms with E-state index in [0.29, 0.717) is 12.4 Å². The van der Waals surface area contributed by atoms with Crippen LogP contribution in [0.5, 0.6) is 5.75 Å². The molecule has 0 saturated carbocycles. The molecule has 39 heavy (non-hydrogen) atoms. The number of carbonyl (C=O) groups is 2. The molecule has 0 fully saturated rings. The zero-order valence-corrected chi connectivity index (χ0v) is 24.0. The molecule has 1 aromatic carbocycles. The number of nitrogens with one attached hydrogen (secondary N) is 1. The lowest BCUT2D eigenvalue weighted by molar-refractivity contribution is -0.123. The molecule has 1 aliphatic rings. The molecule has 3 aromatic heterocycles. The van der Waals surface area contributed by atoms with E-state index < -0.39 is 0 Å². The van der Waals surface area contributed by atoms with Crippen LogP contribution in [0.4, 0.5) is 5.82 Å². The van der Waals surface area contributed by atoms with E-state index in [0.717, 1.165) is 33.1 Å². The molecule has 5 rings (SSSR count). The highest BCUT2D eigenvalue weighted by molar-refractivity contribution is 8.00. The highest BCUT2D eigenvalue weighted by atomic mass is 32.2. The van der Waals surface area contributed by atoms with Crippen molar-refractivity contribution in [2.45, 2.75) is 38.0 Å². The zero-order chi connectivity index (χ0) is 27.6. The highest BCUT2D eigenvalue weighted by Gasteiger charge is 2.40. The Bertz CT molecular complexity index is 1440. The van der Waals surface area contributed by atoms with Crippen molar-refractivity contribution in [2.75, 3.05) is 24.3 Å². The van der Waals surface area contributed by atoms with Crippen molar-refractivity contribution in [1.29, 1.82) is 0 Å². The molecule has 1 N–H and O–H groups in total. The normalized spacial score (nSPS) is 15.5. The fourth-order valence-corrected chi connectivity index (χ4v) is 6.72. The number of thioether (sulfide) groups is 1. The maximum Gasteiger partial charge on any atom is 0.240 e. The summed E-state index contributed by atoms with van der Waals surface area (Å²) < 4.78 is 7.18. The minimum Gasteiger partial charge on any atom is -0.497 e. The topological polar surface area (TPSA) is 89.3 Å². The second kappa shape index (κ2) is 11.2. The number of rotatable bonds is 7. The fourth-order valence-electron chi connectivity index (χ4n) is 4.54. The van der Waals surface area contributed by atoms with Gasteiger partial charge in [-0.2, -0.15) is 5.10 Å². The van der Waals surface area contributed by atoms with Crippen molar-refractivity contribution in [3.63, 3.8) is 0 Å². The van der Waals surface area contributed by atoms with Gasteiger partial charge in [0.1, 0.15) is 18.1 Å². The largest absolute Gasteiger partial charge is 0.497 e. The van der Waals surface area contributed by atoms with Gasteiger partial charge in [-0.1, -0.05) is 32.9 Å². The number of aromatic nitrogens is 3. The van der Waals surface area contributed by atoms with Crippen molar-refractivity contribution >= 4 is 40.7 Å². The summed E-state index contributed by atoms with van der Waals surface area (Å²) in [5, 5.41) is 10.0. The first-order valence-electron chi connectivity index (χ1n) is 12.6. The van der Waals surface area contributed by atoms with Gasteiger partial charge < -0.3 is 10.1 Å². The second-order valence-corrected chi connectivity index (χ2v) is 12.3. The summed E-state index contributed by atoms with van der Waals surface area (Å²) in [7, 11) is 1.63. The summed E-state index contributed by atoms with van der Waals surface area (Å²) in [6, 6.07) is 15.4. The van der Waals surface area contributed by atoms with Gasteiger partial charge in [-0.15, -0.1) is 23.1 Å². The number of amides is 2. The molecular weight excluding hydrogens is 530 g/mol. The smallest absolute Gasteiger partial charge is 0.240 e. The Morgan fingerprint density at radius 1 is 1.15 bits per heavy atom. The Balaban J connectivity index is 1.62. The average molecular weight is 562 g/mol. The van der Waals surface area contributed by atoms with E-state index in [1.54, 1.807) is 47.5 Å². The predicted octanol–water partition coefficient (Wildman–Crippen LogP) is 5.12. The number of hydrogen-bond donors (Lipinski definition) is 1. The number of carbonyl (C=O) groups excluding carboxylic acids is 2. The molecular formula is C29H31N5O3S2. The lowest BCUT2D eigenvalue weighted by Crippen LogP contribution is -2.42. The number of ether oxygens (including phenoxy) is 1. The second-order valence-electron chi connectivity index (χ2n) is 10.3. The van der Waals surface area contributed by atoms with E-state index >= 15 is 0 Å². The van der Waals surface area contributed by atoms with E-state index in [1.165, 1.54) is 0 Å². The molecule has 1 aliphatic heterocycles. The first-order chi connectivity index (χ1) is 18.8. The Morgan fingerprint density at radius 3 is 2.59 bits per heavy atom. The van der Waals surface area contributed by atoms with E-state index in [-0.39, 0.29) is 34.8 Å². The van der Waals surface area contributed by atoms with Crippen molar-refractivity contribution < 1.29 is 14.3 Å². The summed E-state index contributed by atoms with van der Waals surface area (Å²) >= 11 is 3.25. The summed E-state index contributed by atoms with van der Waals surface area (Å²) in [5.74, 6) is 1.22. The van der Waals surface area contributed by atoms with Gasteiger partial charge in [0, 0.05) is 34.8 Å². The van der Waals surface area contributed by atoms with Crippen LogP contribution >= 0.6 is 23.1 Å². The van der Waals surface area contributed by atoms with Crippen LogP contribution in [0, 0.1) is 0 Å². The Kier molecular flexibility index (Phi) is 7.76. The third-order valence-corrected chi connectivity index (χ3v) is 8.76. The highest BCUT2D eigenvalue weighted by Crippen LogP contribution is 2.49. The molecule has 0 spiro atoms. The Hall–Kier alpha value is -3.63. The van der Waals surface area contributed by atoms with E-state index in [2.05, 4.69) is 42.5 Å². The number of hydrogen-bond acceptors (Lipinski definition) is 7. The summed E-state index contributed by atoms with van der Waals surface area (Å²) in [6.45, 7) is 6.60. The van der Waals surface area contributed by atoms with Crippen LogP contribution in [0.2, 0.25) is 0 Å². The van der Waals surface area contributed by atoms with Gasteiger partial charge >= 0.3 is 0 Å². The van der Waals surface area contributed by atoms with Crippen LogP contribution in [0.15, 0.2) is 66.3 Å². The minimum absolute atomic E-state index is 0.0892. The molecule has 0 saturated heterocycles. The molecule has 10 heteroatoms. The molecule has 0 radical (unpaired) electrons. The molecule has 0 bridgehead atoms. The number of thiophene rings is 1. The van der Waals surface area contributed by atoms with E-state index in [9.17, 15) is 9.59 Å². The molecule has 8 nitrogen and oxygen atoms in total. The summed E-state index contributed by atoms with van der Waals surface area (Å²) in [6.07, 6.45) is 3.41. The van der Waals surface area contributed by atoms with Crippen LogP contribution in [0.1, 0.15) is 47.7 Å². The monoisotopic (exact) mass is 561 g/mol. The number of nitrogens with zero attached hydrogens (tertiary/aromatic N) is 4. The first-order valence-corrected chi connectivity index (χ1v) is 14.6. The minimum atomic E-state index is -0.306. The van der Waals surface area contributed by atoms with Crippen molar-refractivity contribution in [3.05, 3.63) is 88.0 Å². The number of fused-ring (bicyclic) bond motifs is 1. The van der Waals surface area contributed by atoms with Gasteiger partial charge in [0.05, 0.1) is 29.5 Å². The lowest BCUT2D eigenvalue weighted by atomic mass is 9.88. The van der Waals surface area contributed by atoms with Crippen molar-refractivity contribution in [2.24, 2.45) is 0 Å². The quantitative estimate of drug-likeness (QED) is 0.337. The molecule has 0 aliphatic carbocycles. The Morgan fingerprint density at radius 2 is 1.95 bits per heavy atom. The van der Waals surface area contributed by atoms with Crippen LogP contribution in [-0.2, 0) is 21.5 Å². The van der Waals surface area contributed by atoms with Gasteiger partial charge in [0.25, 0.3) is 0 Å². The average Bonchev–Trinajstić information content (AvgIpc) is 3.58. The van der Waals surface area contributed by atoms with Crippen molar-refractivity contribution in [1.82, 2.24) is 20.1 Å². The fraction of sp³-hybridized carbons (Fsp3) is 0.310. The van der Waals surface area contributed by atoms with Gasteiger partial charge in [-0.25, -0.2) is 4.68 Å². The third-order valence-electron chi connectivity index (χ3n) is 6.43. The van der Waals surface area contributed by atoms with Crippen LogP contribution in [0.3, 0.4) is 0 Å². The van der Waals surface area contributed by atoms with Crippen molar-refractivity contribution in [3.8, 4) is 11.4 Å². The number of methoxy groups -OCH3 is 1. The molecule has 4 aromatic rings. The van der Waals surface area contributed by atoms with Crippen LogP contribution < -0.4 is 15.0 Å². The molecule has 0 unspecified atom stereocenters. The molecule has 1 atom stereocenters. The lowest BCUT2D eigenvalue weighted by Gasteiger charge is -2.24. The Labute approximate surface area is 236 Å². The molecule has 202 valence electrons. The standard InChI is InChI=1S/C29H31N5O3S2/c1-29(2,3)27-25-26(22-8-6-14-38-22)39-18-24(36)33(17-23(35)31-16-19-7-5-13-30-15-19)28(25)34(32-27)20-9-11-21(37-4)12-10-20/h5-15,26H,16-18H2,1-4H3,(H,31,35)/t26-/m1/s1. The zero-order valence-electron chi connectivity index (χ0n) is 22.4. The van der Waals surface area contributed by atoms with Gasteiger partial charge in [0.15, 0.2) is 0 Å². The molecule has 4 heterocycles. The summed E-state index contributed by atoms with van der Waals surface area (Å²) in [5.41, 5.74) is 3.24. The van der Waals surface area contributed by atoms with Crippen LogP contribution in [-0.4, -0.2) is 46.0 Å². The van der Waals surface area contributed by atoms with Gasteiger partial charge in [-0.05, 0) is 47.3 Å². The van der Waals surface area contributed by atoms with Gasteiger partial charge in [-0.3, -0.25) is 19.5 Å². The first kappa shape index (κ1) is 27.0. The van der Waals surface area contributed by atoms with E-state index in [1.807, 2.05) is 47.1 Å². The number of pyridine rings is 1. The SMILES string of the molecule is COc1ccc(-n2nc(C(C)(C)C)c3c2N(CC(=O)NCc2cccnc2)C(=O)CS[C@@H]3c2cccs2)cc1. The maximum absolute atomic E-state index is 13.7. The summed E-state index contributed by atoms with van der Waals surface area (Å²) in [4.78, 5) is 33.8. The van der Waals surface area contributed by atoms with E-state index in [4.69, 9.17) is 9.84 Å². The van der Waals surface area contributed by atoms with Crippen LogP contribution in [0.25, 0.3) is 5.69 Å². The number of anilines is 1.